The zero-order chi connectivity index (χ0) is 14.4. The lowest BCUT2D eigenvalue weighted by Gasteiger charge is -2.28. The van der Waals surface area contributed by atoms with Crippen molar-refractivity contribution in [3.8, 4) is 0 Å². The Balaban J connectivity index is 1.99. The van der Waals surface area contributed by atoms with Gasteiger partial charge in [-0.3, -0.25) is 0 Å². The minimum Gasteiger partial charge on any atom is -0.353 e. The number of anilines is 1. The minimum absolute atomic E-state index is 0.949. The lowest BCUT2D eigenvalue weighted by molar-refractivity contribution is 0.586. The number of nitrogens with zero attached hydrogens (tertiary/aromatic N) is 5. The fourth-order valence-corrected chi connectivity index (χ4v) is 3.92. The second kappa shape index (κ2) is 4.85. The van der Waals surface area contributed by atoms with E-state index in [1.54, 1.807) is 17.7 Å². The van der Waals surface area contributed by atoms with Crippen molar-refractivity contribution in [3.05, 3.63) is 17.6 Å². The topological polar surface area (TPSA) is 66.8 Å². The monoisotopic (exact) mass is 300 g/mol. The molecule has 1 saturated heterocycles. The molecule has 0 amide bonds. The molecule has 4 rings (SSSR count). The molecule has 1 N–H and O–H groups in total. The van der Waals surface area contributed by atoms with E-state index in [1.165, 1.54) is 0 Å². The van der Waals surface area contributed by atoms with Gasteiger partial charge in [0.25, 0.3) is 0 Å². The van der Waals surface area contributed by atoms with Crippen LogP contribution in [0.1, 0.15) is 11.3 Å². The highest BCUT2D eigenvalue weighted by Crippen LogP contribution is 2.37. The molecule has 6 nitrogen and oxygen atoms in total. The van der Waals surface area contributed by atoms with Crippen LogP contribution in [0, 0.1) is 13.8 Å². The summed E-state index contributed by atoms with van der Waals surface area (Å²) >= 11 is 1.64. The largest absolute Gasteiger partial charge is 0.353 e. The van der Waals surface area contributed by atoms with Gasteiger partial charge in [-0.05, 0) is 19.4 Å². The van der Waals surface area contributed by atoms with Gasteiger partial charge in [-0.25, -0.2) is 9.97 Å². The Bertz CT molecular complexity index is 821. The molecule has 0 unspecified atom stereocenters. The fraction of sp³-hybridized carbons (Fsp3) is 0.429. The van der Waals surface area contributed by atoms with Gasteiger partial charge in [-0.2, -0.15) is 5.10 Å². The molecule has 7 heteroatoms. The summed E-state index contributed by atoms with van der Waals surface area (Å²) in [5, 5.41) is 13.1. The Morgan fingerprint density at radius 2 is 1.95 bits per heavy atom. The molecule has 1 aliphatic heterocycles. The van der Waals surface area contributed by atoms with Gasteiger partial charge < -0.3 is 10.2 Å². The zero-order valence-electron chi connectivity index (χ0n) is 12.1. The molecule has 0 bridgehead atoms. The number of hydrogen-bond donors (Lipinski definition) is 1. The third-order valence-electron chi connectivity index (χ3n) is 4.06. The summed E-state index contributed by atoms with van der Waals surface area (Å²) in [7, 11) is 0. The van der Waals surface area contributed by atoms with Crippen LogP contribution in [0.5, 0.6) is 0 Å². The van der Waals surface area contributed by atoms with Gasteiger partial charge in [0.1, 0.15) is 17.0 Å². The van der Waals surface area contributed by atoms with Crippen LogP contribution in [0.2, 0.25) is 0 Å². The first-order valence-corrected chi connectivity index (χ1v) is 7.90. The number of aryl methyl sites for hydroxylation is 2. The number of thiophene rings is 1. The van der Waals surface area contributed by atoms with Crippen LogP contribution in [-0.2, 0) is 0 Å². The summed E-state index contributed by atoms with van der Waals surface area (Å²) in [4.78, 5) is 12.3. The highest BCUT2D eigenvalue weighted by Gasteiger charge is 2.20. The van der Waals surface area contributed by atoms with Crippen molar-refractivity contribution in [2.45, 2.75) is 13.8 Å². The highest BCUT2D eigenvalue weighted by molar-refractivity contribution is 7.26. The van der Waals surface area contributed by atoms with Crippen molar-refractivity contribution >= 4 is 37.6 Å². The molecule has 0 aliphatic carbocycles. The predicted molar refractivity (Wildman–Crippen MR) is 85.1 cm³/mol. The Morgan fingerprint density at radius 1 is 1.14 bits per heavy atom. The fourth-order valence-electron chi connectivity index (χ4n) is 2.77. The predicted octanol–water partition coefficient (Wildman–Crippen LogP) is 1.66. The second-order valence-electron chi connectivity index (χ2n) is 5.30. The quantitative estimate of drug-likeness (QED) is 0.737. The van der Waals surface area contributed by atoms with E-state index in [0.717, 1.165) is 63.7 Å². The average Bonchev–Trinajstić information content (AvgIpc) is 2.91. The molecule has 3 aromatic heterocycles. The highest BCUT2D eigenvalue weighted by atomic mass is 32.1. The molecule has 0 saturated carbocycles. The summed E-state index contributed by atoms with van der Waals surface area (Å²) < 4.78 is 1.12. The number of nitrogens with one attached hydrogen (secondary N) is 1. The van der Waals surface area contributed by atoms with E-state index < -0.39 is 0 Å². The third kappa shape index (κ3) is 1.96. The van der Waals surface area contributed by atoms with E-state index in [0.29, 0.717) is 0 Å². The Kier molecular flexibility index (Phi) is 2.97. The molecule has 1 aliphatic rings. The summed E-state index contributed by atoms with van der Waals surface area (Å²) in [6.07, 6.45) is 1.67. The number of fused-ring (bicyclic) bond motifs is 3. The minimum atomic E-state index is 0.949. The van der Waals surface area contributed by atoms with E-state index in [-0.39, 0.29) is 0 Å². The molecular weight excluding hydrogens is 284 g/mol. The average molecular weight is 300 g/mol. The van der Waals surface area contributed by atoms with E-state index in [2.05, 4.69) is 37.3 Å². The van der Waals surface area contributed by atoms with Crippen LogP contribution in [0.3, 0.4) is 0 Å². The van der Waals surface area contributed by atoms with E-state index >= 15 is 0 Å². The van der Waals surface area contributed by atoms with Crippen molar-refractivity contribution < 1.29 is 0 Å². The SMILES string of the molecule is Cc1nnc2sc3c(N4CCNCC4)ncnc3c2c1C. The first kappa shape index (κ1) is 12.8. The smallest absolute Gasteiger partial charge is 0.150 e. The van der Waals surface area contributed by atoms with Gasteiger partial charge >= 0.3 is 0 Å². The van der Waals surface area contributed by atoms with Gasteiger partial charge in [0, 0.05) is 31.6 Å². The lowest BCUT2D eigenvalue weighted by Crippen LogP contribution is -2.43. The third-order valence-corrected chi connectivity index (χ3v) is 5.12. The van der Waals surface area contributed by atoms with Crippen molar-refractivity contribution in [1.82, 2.24) is 25.5 Å². The molecule has 0 radical (unpaired) electrons. The maximum absolute atomic E-state index is 4.53. The Labute approximate surface area is 126 Å². The van der Waals surface area contributed by atoms with Crippen LogP contribution in [0.25, 0.3) is 20.4 Å². The first-order valence-electron chi connectivity index (χ1n) is 7.08. The maximum Gasteiger partial charge on any atom is 0.150 e. The number of aromatic nitrogens is 4. The van der Waals surface area contributed by atoms with Gasteiger partial charge in [-0.15, -0.1) is 16.4 Å². The first-order chi connectivity index (χ1) is 10.3. The summed E-state index contributed by atoms with van der Waals surface area (Å²) in [6, 6.07) is 0. The van der Waals surface area contributed by atoms with Crippen molar-refractivity contribution in [3.63, 3.8) is 0 Å². The van der Waals surface area contributed by atoms with Gasteiger partial charge in [0.15, 0.2) is 0 Å². The van der Waals surface area contributed by atoms with Crippen LogP contribution in [-0.4, -0.2) is 46.3 Å². The molecular formula is C14H16N6S. The van der Waals surface area contributed by atoms with Crippen molar-refractivity contribution in [2.24, 2.45) is 0 Å². The standard InChI is InChI=1S/C14H16N6S/c1-8-9(2)18-19-14-10(8)11-12(21-14)13(17-7-16-11)20-5-3-15-4-6-20/h7,15H,3-6H2,1-2H3. The van der Waals surface area contributed by atoms with Crippen molar-refractivity contribution in [2.75, 3.05) is 31.1 Å². The van der Waals surface area contributed by atoms with E-state index in [9.17, 15) is 0 Å². The molecule has 0 aromatic carbocycles. The zero-order valence-corrected chi connectivity index (χ0v) is 12.9. The molecule has 21 heavy (non-hydrogen) atoms. The van der Waals surface area contributed by atoms with Crippen LogP contribution in [0.15, 0.2) is 6.33 Å². The van der Waals surface area contributed by atoms with Crippen LogP contribution >= 0.6 is 11.3 Å². The lowest BCUT2D eigenvalue weighted by atomic mass is 10.1. The summed E-state index contributed by atoms with van der Waals surface area (Å²) in [6.45, 7) is 8.02. The summed E-state index contributed by atoms with van der Waals surface area (Å²) in [5.41, 5.74) is 3.13. The molecule has 108 valence electrons. The Hall–Kier alpha value is -1.86. The van der Waals surface area contributed by atoms with Gasteiger partial charge in [0.2, 0.25) is 0 Å². The number of rotatable bonds is 1. The normalized spacial score (nSPS) is 16.0. The molecule has 3 aromatic rings. The van der Waals surface area contributed by atoms with E-state index in [4.69, 9.17) is 0 Å². The number of hydrogen-bond acceptors (Lipinski definition) is 7. The molecule has 1 fully saturated rings. The number of piperazine rings is 1. The van der Waals surface area contributed by atoms with Crippen LogP contribution < -0.4 is 10.2 Å². The molecule has 4 heterocycles. The molecule has 0 spiro atoms. The second-order valence-corrected chi connectivity index (χ2v) is 6.30. The molecule has 0 atom stereocenters. The van der Waals surface area contributed by atoms with Crippen molar-refractivity contribution in [1.29, 1.82) is 0 Å². The van der Waals surface area contributed by atoms with Gasteiger partial charge in [-0.1, -0.05) is 0 Å². The van der Waals surface area contributed by atoms with Gasteiger partial charge in [0.05, 0.1) is 15.9 Å². The summed E-state index contributed by atoms with van der Waals surface area (Å²) in [5.74, 6) is 1.03. The Morgan fingerprint density at radius 3 is 2.76 bits per heavy atom. The maximum atomic E-state index is 4.53. The van der Waals surface area contributed by atoms with E-state index in [1.807, 2.05) is 6.92 Å². The van der Waals surface area contributed by atoms with Crippen LogP contribution in [0.4, 0.5) is 5.82 Å².